The molecule has 0 fully saturated rings. The number of nitrogens with zero attached hydrogens (tertiary/aromatic N) is 1. The van der Waals surface area contributed by atoms with Gasteiger partial charge in [-0.05, 0) is 156 Å². The van der Waals surface area contributed by atoms with Gasteiger partial charge in [-0.15, -0.1) is 0 Å². The maximum atomic E-state index is 6.54. The molecule has 1 heterocycles. The first kappa shape index (κ1) is 39.8. The van der Waals surface area contributed by atoms with Crippen LogP contribution in [0.3, 0.4) is 0 Å². The standard InChI is InChI=1S/C70H45NO/c1-2-15-48-43-69(42-47(48)14-1)61-23-8-3-16-53(61)57-38-32-46(40-65(57)69)44-28-33-49(34-29-44)71(50-35-30-45(31-36-50)52-21-13-22-60-59-20-7-12-27-67(59)72-68(52)60)51-37-39-58-56-19-6-11-26-64(56)70(66(58)41-51)62-24-9-4-17-54(62)55-18-5-10-25-63(55)70/h1-41H,42-43H2. The molecule has 0 aliphatic heterocycles. The first-order valence-electron chi connectivity index (χ1n) is 25.3. The summed E-state index contributed by atoms with van der Waals surface area (Å²) in [6.45, 7) is 0. The second-order valence-electron chi connectivity index (χ2n) is 20.3. The van der Waals surface area contributed by atoms with Crippen molar-refractivity contribution in [1.82, 2.24) is 0 Å². The summed E-state index contributed by atoms with van der Waals surface area (Å²) < 4.78 is 6.54. The van der Waals surface area contributed by atoms with Gasteiger partial charge in [-0.2, -0.15) is 0 Å². The Morgan fingerprint density at radius 1 is 0.306 bits per heavy atom. The maximum Gasteiger partial charge on any atom is 0.143 e. The van der Waals surface area contributed by atoms with Crippen LogP contribution in [0.5, 0.6) is 0 Å². The van der Waals surface area contributed by atoms with Crippen LogP contribution in [0.2, 0.25) is 0 Å². The van der Waals surface area contributed by atoms with Gasteiger partial charge in [0.2, 0.25) is 0 Å². The molecule has 0 bridgehead atoms. The van der Waals surface area contributed by atoms with Crippen LogP contribution in [0, 0.1) is 0 Å². The molecule has 2 heteroatoms. The van der Waals surface area contributed by atoms with E-state index in [0.717, 1.165) is 63.0 Å². The van der Waals surface area contributed by atoms with E-state index in [9.17, 15) is 0 Å². The van der Waals surface area contributed by atoms with E-state index in [1.807, 2.05) is 6.07 Å². The monoisotopic (exact) mass is 915 g/mol. The molecule has 0 atom stereocenters. The molecule has 4 aliphatic carbocycles. The Morgan fingerprint density at radius 2 is 0.764 bits per heavy atom. The first-order chi connectivity index (χ1) is 35.7. The molecule has 0 saturated heterocycles. The lowest BCUT2D eigenvalue weighted by molar-refractivity contribution is 0.564. The van der Waals surface area contributed by atoms with Gasteiger partial charge in [0, 0.05) is 38.8 Å². The van der Waals surface area contributed by atoms with E-state index in [0.29, 0.717) is 0 Å². The van der Waals surface area contributed by atoms with Gasteiger partial charge in [0.15, 0.2) is 0 Å². The van der Waals surface area contributed by atoms with Crippen molar-refractivity contribution >= 4 is 39.0 Å². The van der Waals surface area contributed by atoms with Gasteiger partial charge in [-0.3, -0.25) is 0 Å². The number of hydrogen-bond acceptors (Lipinski definition) is 2. The highest BCUT2D eigenvalue weighted by molar-refractivity contribution is 6.09. The van der Waals surface area contributed by atoms with Crippen LogP contribution >= 0.6 is 0 Å². The maximum absolute atomic E-state index is 6.54. The van der Waals surface area contributed by atoms with E-state index in [1.165, 1.54) is 89.0 Å². The predicted molar refractivity (Wildman–Crippen MR) is 296 cm³/mol. The fraction of sp³-hybridized carbons (Fsp3) is 0.0571. The summed E-state index contributed by atoms with van der Waals surface area (Å²) in [5, 5.41) is 2.27. The summed E-state index contributed by atoms with van der Waals surface area (Å²) in [6.07, 6.45) is 2.06. The molecule has 11 aromatic carbocycles. The normalized spacial score (nSPS) is 14.5. The summed E-state index contributed by atoms with van der Waals surface area (Å²) in [4.78, 5) is 2.45. The summed E-state index contributed by atoms with van der Waals surface area (Å²) in [7, 11) is 0. The van der Waals surface area contributed by atoms with E-state index in [4.69, 9.17) is 4.42 Å². The van der Waals surface area contributed by atoms with Crippen molar-refractivity contribution in [2.45, 2.75) is 23.7 Å². The summed E-state index contributed by atoms with van der Waals surface area (Å²) in [5.74, 6) is 0. The smallest absolute Gasteiger partial charge is 0.143 e. The number of rotatable bonds is 5. The second-order valence-corrected chi connectivity index (χ2v) is 20.3. The molecule has 2 spiro atoms. The summed E-state index contributed by atoms with van der Waals surface area (Å²) in [6, 6.07) is 93.0. The van der Waals surface area contributed by atoms with E-state index in [1.54, 1.807) is 0 Å². The zero-order chi connectivity index (χ0) is 47.1. The lowest BCUT2D eigenvalue weighted by atomic mass is 9.70. The van der Waals surface area contributed by atoms with Crippen molar-refractivity contribution in [3.05, 3.63) is 293 Å². The molecule has 0 radical (unpaired) electrons. The molecule has 1 aromatic heterocycles. The third kappa shape index (κ3) is 5.33. The average molecular weight is 916 g/mol. The zero-order valence-electron chi connectivity index (χ0n) is 39.4. The molecular weight excluding hydrogens is 871 g/mol. The Morgan fingerprint density at radius 3 is 1.42 bits per heavy atom. The zero-order valence-corrected chi connectivity index (χ0v) is 39.4. The third-order valence-corrected chi connectivity index (χ3v) is 16.9. The highest BCUT2D eigenvalue weighted by Gasteiger charge is 2.52. The Labute approximate surface area is 418 Å². The van der Waals surface area contributed by atoms with Crippen LogP contribution in [0.15, 0.2) is 253 Å². The third-order valence-electron chi connectivity index (χ3n) is 16.9. The Bertz CT molecular complexity index is 4140. The van der Waals surface area contributed by atoms with Crippen LogP contribution in [0.25, 0.3) is 77.6 Å². The van der Waals surface area contributed by atoms with Crippen molar-refractivity contribution in [2.75, 3.05) is 4.90 Å². The Balaban J connectivity index is 0.850. The van der Waals surface area contributed by atoms with E-state index >= 15 is 0 Å². The van der Waals surface area contributed by atoms with Gasteiger partial charge >= 0.3 is 0 Å². The van der Waals surface area contributed by atoms with Crippen molar-refractivity contribution in [3.8, 4) is 55.6 Å². The summed E-state index contributed by atoms with van der Waals surface area (Å²) in [5.41, 5.74) is 28.4. The van der Waals surface area contributed by atoms with Gasteiger partial charge in [-0.25, -0.2) is 0 Å². The van der Waals surface area contributed by atoms with Crippen molar-refractivity contribution in [2.24, 2.45) is 0 Å². The van der Waals surface area contributed by atoms with E-state index in [-0.39, 0.29) is 5.41 Å². The fourth-order valence-corrected chi connectivity index (χ4v) is 13.9. The number of anilines is 3. The SMILES string of the molecule is c1ccc2c(c1)CC1(C2)c2ccccc2-c2ccc(-c3ccc(N(c4ccc(-c5cccc6c5oc5ccccc56)cc4)c4ccc5c(c4)C4(c6ccccc6-c6ccccc64)c4ccccc4-5)cc3)cc21. The Kier molecular flexibility index (Phi) is 8.17. The van der Waals surface area contributed by atoms with Gasteiger partial charge in [-0.1, -0.05) is 200 Å². The van der Waals surface area contributed by atoms with Crippen LogP contribution in [-0.4, -0.2) is 0 Å². The van der Waals surface area contributed by atoms with Crippen LogP contribution in [0.4, 0.5) is 17.1 Å². The molecule has 72 heavy (non-hydrogen) atoms. The predicted octanol–water partition coefficient (Wildman–Crippen LogP) is 17.8. The minimum absolute atomic E-state index is 0.0601. The molecule has 0 N–H and O–H groups in total. The number of furan rings is 1. The first-order valence-corrected chi connectivity index (χ1v) is 25.3. The fourth-order valence-electron chi connectivity index (χ4n) is 13.9. The van der Waals surface area contributed by atoms with Crippen molar-refractivity contribution in [1.29, 1.82) is 0 Å². The van der Waals surface area contributed by atoms with Crippen LogP contribution in [0.1, 0.15) is 44.5 Å². The largest absolute Gasteiger partial charge is 0.455 e. The van der Waals surface area contributed by atoms with Gasteiger partial charge in [0.05, 0.1) is 5.41 Å². The van der Waals surface area contributed by atoms with Crippen LogP contribution in [-0.2, 0) is 23.7 Å². The highest BCUT2D eigenvalue weighted by atomic mass is 16.3. The number of fused-ring (bicyclic) bond motifs is 19. The quantitative estimate of drug-likeness (QED) is 0.171. The molecule has 0 unspecified atom stereocenters. The van der Waals surface area contributed by atoms with Crippen molar-refractivity contribution in [3.63, 3.8) is 0 Å². The lowest BCUT2D eigenvalue weighted by Crippen LogP contribution is -2.26. The number of benzene rings is 11. The molecular formula is C70H45NO. The number of hydrogen-bond donors (Lipinski definition) is 0. The average Bonchev–Trinajstić information content (AvgIpc) is 4.24. The topological polar surface area (TPSA) is 16.4 Å². The van der Waals surface area contributed by atoms with Crippen molar-refractivity contribution < 1.29 is 4.42 Å². The molecule has 4 aliphatic rings. The molecule has 0 amide bonds. The summed E-state index contributed by atoms with van der Waals surface area (Å²) >= 11 is 0. The molecule has 12 aromatic rings. The highest BCUT2D eigenvalue weighted by Crippen LogP contribution is 2.63. The van der Waals surface area contributed by atoms with E-state index < -0.39 is 5.41 Å². The van der Waals surface area contributed by atoms with E-state index in [2.05, 4.69) is 248 Å². The van der Waals surface area contributed by atoms with Crippen LogP contribution < -0.4 is 4.90 Å². The van der Waals surface area contributed by atoms with Gasteiger partial charge in [0.25, 0.3) is 0 Å². The lowest BCUT2D eigenvalue weighted by Gasteiger charge is -2.32. The molecule has 2 nitrogen and oxygen atoms in total. The van der Waals surface area contributed by atoms with Gasteiger partial charge in [0.1, 0.15) is 11.2 Å². The minimum Gasteiger partial charge on any atom is -0.455 e. The van der Waals surface area contributed by atoms with Gasteiger partial charge < -0.3 is 9.32 Å². The molecule has 336 valence electrons. The second kappa shape index (κ2) is 14.8. The Hall–Kier alpha value is -8.98. The molecule has 0 saturated carbocycles. The number of para-hydroxylation sites is 2. The molecule has 16 rings (SSSR count). The minimum atomic E-state index is -0.453.